The summed E-state index contributed by atoms with van der Waals surface area (Å²) in [5.74, 6) is -3.33. The molecule has 35 heteroatoms. The molecule has 0 saturated carbocycles. The lowest BCUT2D eigenvalue weighted by Gasteiger charge is -2.10. The number of aromatic nitrogens is 24. The third-order valence-corrected chi connectivity index (χ3v) is 22.8. The standard InChI is InChI=1S/C18H12F2N4.C18H13FN4.C17H9ClF2N4.2C17H10ClFN4.C17H11ClN4/c1-11-7-12(4-5-15(11)19)17-14(3-2-6-21-17)13-8-16(20)18-22-10-23-24(18)9-13;1-12-11-13(4-5-15(12)19)18-14(3-2-8-21-18)16-6-7-17-20-9-10-23(17)22-16;18-12-8-11(13(19)9-14(12)20)17-10(2-1-5-22-17)15-3-4-16-21-6-7-24(16)23-15;18-11-3-4-14(19)13(10-11)17-12(2-1-7-21-17)15-5-6-16-20-8-9-23(16)22-15;18-13-10-11(3-4-14(13)19)17-12(2-1-7-21-17)15-5-6-16-20-8-9-23(16)22-15;18-13-4-1-3-12(11-13)17-14(5-2-8-20-17)15-6-7-16-19-9-10-22(16)21-15/h2-10H,1H3;2-11H,1H3;1-9H;2*1-10H;1-11H. The van der Waals surface area contributed by atoms with E-state index in [2.05, 4.69) is 90.4 Å². The van der Waals surface area contributed by atoms with E-state index in [1.807, 2.05) is 128 Å². The Bertz CT molecular complexity index is 8520. The van der Waals surface area contributed by atoms with Gasteiger partial charge in [0.1, 0.15) is 41.2 Å². The maximum absolute atomic E-state index is 14.2. The Balaban J connectivity index is 0.000000106. The van der Waals surface area contributed by atoms with Crippen molar-refractivity contribution in [3.63, 3.8) is 0 Å². The molecule has 0 aliphatic carbocycles. The van der Waals surface area contributed by atoms with Crippen molar-refractivity contribution in [3.8, 4) is 135 Å². The summed E-state index contributed by atoms with van der Waals surface area (Å²) in [7, 11) is 0. The molecule has 0 aliphatic heterocycles. The normalized spacial score (nSPS) is 11.1. The molecule has 0 bridgehead atoms. The van der Waals surface area contributed by atoms with Crippen LogP contribution in [0, 0.1) is 54.6 Å². The molecule has 139 heavy (non-hydrogen) atoms. The lowest BCUT2D eigenvalue weighted by atomic mass is 9.99. The molecule has 0 N–H and O–H groups in total. The predicted molar refractivity (Wildman–Crippen MR) is 519 cm³/mol. The third kappa shape index (κ3) is 20.0. The molecule has 6 aromatic carbocycles. The van der Waals surface area contributed by atoms with Gasteiger partial charge in [0.25, 0.3) is 0 Å². The summed E-state index contributed by atoms with van der Waals surface area (Å²) in [6.45, 7) is 3.44. The number of pyridine rings is 7. The van der Waals surface area contributed by atoms with Crippen molar-refractivity contribution >= 4 is 80.3 Å². The van der Waals surface area contributed by atoms with Gasteiger partial charge in [-0.1, -0.05) is 64.6 Å². The summed E-state index contributed by atoms with van der Waals surface area (Å²) < 4.78 is 106. The highest BCUT2D eigenvalue weighted by molar-refractivity contribution is 6.32. The predicted octanol–water partition coefficient (Wildman–Crippen LogP) is 25.0. The summed E-state index contributed by atoms with van der Waals surface area (Å²) in [5.41, 5.74) is 21.8. The first kappa shape index (κ1) is 90.8. The van der Waals surface area contributed by atoms with Gasteiger partial charge in [0.05, 0.1) is 72.7 Å². The molecule has 18 heterocycles. The number of rotatable bonds is 12. The van der Waals surface area contributed by atoms with E-state index in [0.717, 1.165) is 107 Å². The van der Waals surface area contributed by atoms with Crippen LogP contribution in [-0.4, -0.2) is 117 Å². The minimum absolute atomic E-state index is 0.0668. The SMILES string of the molecule is Cc1cc(-c2ncccc2-c2cc(F)c3ncnn3c2)ccc1F.Cc1cc(-c2ncccc2-c2ccc3nccn3n2)ccc1F.Clc1cccc(-c2ncccc2-c2ccc3nccn3n2)c1.Fc1cc(F)c(-c2ncccc2-c2ccc3nccn3n2)cc1Cl.Fc1ccc(-c2ncccc2-c2ccc3nccn3n2)cc1Cl.Fc1ccc(Cl)cc1-c1ncccc1-c1ccc2nccn2n1. The molecule has 678 valence electrons. The first-order valence-corrected chi connectivity index (χ1v) is 43.8. The van der Waals surface area contributed by atoms with E-state index in [9.17, 15) is 30.7 Å². The summed E-state index contributed by atoms with van der Waals surface area (Å²) >= 11 is 23.8. The third-order valence-electron chi connectivity index (χ3n) is 21.7. The number of fused-ring (bicyclic) bond motifs is 6. The highest BCUT2D eigenvalue weighted by atomic mass is 35.5. The van der Waals surface area contributed by atoms with Gasteiger partial charge in [-0.15, -0.1) is 0 Å². The number of nitrogens with zero attached hydrogens (tertiary/aromatic N) is 24. The number of imidazole rings is 5. The molecule has 0 saturated heterocycles. The lowest BCUT2D eigenvalue weighted by Crippen LogP contribution is -1.97. The van der Waals surface area contributed by atoms with E-state index in [1.165, 1.54) is 59.5 Å². The van der Waals surface area contributed by atoms with Crippen molar-refractivity contribution in [2.45, 2.75) is 13.8 Å². The van der Waals surface area contributed by atoms with Gasteiger partial charge in [-0.25, -0.2) is 87.7 Å². The minimum Gasteiger partial charge on any atom is -0.256 e. The first-order chi connectivity index (χ1) is 67.7. The quantitative estimate of drug-likeness (QED) is 0.0813. The highest BCUT2D eigenvalue weighted by Gasteiger charge is 2.23. The smallest absolute Gasteiger partial charge is 0.191 e. The van der Waals surface area contributed by atoms with Crippen LogP contribution in [-0.2, 0) is 0 Å². The monoisotopic (exact) mass is 1920 g/mol. The molecule has 0 unspecified atom stereocenters. The summed E-state index contributed by atoms with van der Waals surface area (Å²) in [5, 5.41) is 27.7. The molecule has 0 atom stereocenters. The number of hydrogen-bond donors (Lipinski definition) is 0. The van der Waals surface area contributed by atoms with Gasteiger partial charge < -0.3 is 0 Å². The molecule has 18 aromatic heterocycles. The van der Waals surface area contributed by atoms with Gasteiger partial charge in [0.15, 0.2) is 39.7 Å². The topological polar surface area (TPSA) is 258 Å². The van der Waals surface area contributed by atoms with E-state index in [0.29, 0.717) is 77.7 Å². The summed E-state index contributed by atoms with van der Waals surface area (Å²) in [6, 6.07) is 70.9. The van der Waals surface area contributed by atoms with Crippen LogP contribution >= 0.6 is 46.4 Å². The van der Waals surface area contributed by atoms with Gasteiger partial charge >= 0.3 is 0 Å². The van der Waals surface area contributed by atoms with Crippen LogP contribution in [0.15, 0.2) is 360 Å². The van der Waals surface area contributed by atoms with Crippen LogP contribution in [0.5, 0.6) is 0 Å². The van der Waals surface area contributed by atoms with Crippen molar-refractivity contribution in [1.29, 1.82) is 0 Å². The Morgan fingerprint density at radius 3 is 0.971 bits per heavy atom. The molecule has 0 radical (unpaired) electrons. The first-order valence-electron chi connectivity index (χ1n) is 42.3. The zero-order valence-electron chi connectivity index (χ0n) is 72.5. The molecular weight excluding hydrogens is 1860 g/mol. The average molecular weight is 1930 g/mol. The van der Waals surface area contributed by atoms with Crippen molar-refractivity contribution < 1.29 is 30.7 Å². The summed E-state index contributed by atoms with van der Waals surface area (Å²) in [4.78, 5) is 51.1. The van der Waals surface area contributed by atoms with Gasteiger partial charge in [-0.2, -0.15) is 30.6 Å². The molecule has 0 fully saturated rings. The van der Waals surface area contributed by atoms with Gasteiger partial charge in [-0.3, -0.25) is 29.9 Å². The number of aryl methyl sites for hydroxylation is 2. The van der Waals surface area contributed by atoms with Gasteiger partial charge in [-0.05, 0) is 249 Å². The molecular formula is C104H65Cl4F7N24. The average Bonchev–Trinajstić information content (AvgIpc) is 1.62. The highest BCUT2D eigenvalue weighted by Crippen LogP contribution is 2.40. The molecule has 0 aliphatic rings. The van der Waals surface area contributed by atoms with Crippen LogP contribution < -0.4 is 0 Å². The van der Waals surface area contributed by atoms with Crippen LogP contribution in [0.1, 0.15) is 11.1 Å². The zero-order chi connectivity index (χ0) is 95.7. The van der Waals surface area contributed by atoms with Gasteiger partial charge in [0, 0.05) is 194 Å². The van der Waals surface area contributed by atoms with Gasteiger partial charge in [0.2, 0.25) is 0 Å². The van der Waals surface area contributed by atoms with Crippen LogP contribution in [0.4, 0.5) is 30.7 Å². The fraction of sp³-hybridized carbons (Fsp3) is 0.0192. The fourth-order valence-electron chi connectivity index (χ4n) is 15.1. The van der Waals surface area contributed by atoms with Crippen molar-refractivity contribution in [3.05, 3.63) is 432 Å². The van der Waals surface area contributed by atoms with Crippen molar-refractivity contribution in [1.82, 2.24) is 117 Å². The Labute approximate surface area is 804 Å². The Hall–Kier alpha value is -17.4. The van der Waals surface area contributed by atoms with E-state index < -0.39 is 23.3 Å². The maximum atomic E-state index is 14.2. The fourth-order valence-corrected chi connectivity index (χ4v) is 15.8. The van der Waals surface area contributed by atoms with E-state index in [4.69, 9.17) is 46.4 Å². The van der Waals surface area contributed by atoms with E-state index in [1.54, 1.807) is 208 Å². The molecule has 24 rings (SSSR count). The summed E-state index contributed by atoms with van der Waals surface area (Å²) in [6.07, 6.45) is 30.3. The second-order valence-corrected chi connectivity index (χ2v) is 32.4. The second-order valence-electron chi connectivity index (χ2n) is 30.7. The Kier molecular flexibility index (Phi) is 26.4. The van der Waals surface area contributed by atoms with Crippen LogP contribution in [0.25, 0.3) is 169 Å². The van der Waals surface area contributed by atoms with Crippen LogP contribution in [0.2, 0.25) is 20.1 Å². The zero-order valence-corrected chi connectivity index (χ0v) is 75.5. The number of hydrogen-bond acceptors (Lipinski definition) is 18. The number of benzene rings is 6. The Morgan fingerprint density at radius 2 is 0.568 bits per heavy atom. The molecule has 24 aromatic rings. The lowest BCUT2D eigenvalue weighted by molar-refractivity contribution is 0.585. The van der Waals surface area contributed by atoms with Crippen molar-refractivity contribution in [2.24, 2.45) is 0 Å². The molecule has 0 amide bonds. The van der Waals surface area contributed by atoms with Crippen LogP contribution in [0.3, 0.4) is 0 Å². The Morgan fingerprint density at radius 1 is 0.223 bits per heavy atom. The molecule has 0 spiro atoms. The van der Waals surface area contributed by atoms with E-state index in [-0.39, 0.29) is 38.7 Å². The largest absolute Gasteiger partial charge is 0.256 e. The second kappa shape index (κ2) is 40.4. The minimum atomic E-state index is -0.812. The number of halogens is 11. The van der Waals surface area contributed by atoms with E-state index >= 15 is 0 Å². The molecule has 24 nitrogen and oxygen atoms in total. The maximum Gasteiger partial charge on any atom is 0.191 e. The van der Waals surface area contributed by atoms with Crippen molar-refractivity contribution in [2.75, 3.05) is 0 Å².